The minimum atomic E-state index is 0.135. The third-order valence-corrected chi connectivity index (χ3v) is 6.27. The Balaban J connectivity index is 1.46. The second-order valence-electron chi connectivity index (χ2n) is 7.54. The topological polar surface area (TPSA) is 32.8 Å². The maximum atomic E-state index is 12.7. The Labute approximate surface area is 142 Å². The standard InChI is InChI=1S/C18H26N2O2S/c21-17(16-3-1-10-23-16)20-7-2-6-18(13-20)12-19(8-9-22-14-18)11-15-4-5-15/h1,3,10,15H,2,4-9,11-14H2/t18-/m0/s1. The zero-order valence-corrected chi connectivity index (χ0v) is 14.5. The second kappa shape index (κ2) is 6.54. The van der Waals surface area contributed by atoms with E-state index in [2.05, 4.69) is 9.80 Å². The Bertz CT molecular complexity index is 543. The SMILES string of the molecule is O=C(c1cccs1)N1CCC[C@@]2(COCCN(CC3CC3)C2)C1. The van der Waals surface area contributed by atoms with Gasteiger partial charge in [0, 0.05) is 38.1 Å². The van der Waals surface area contributed by atoms with Crippen LogP contribution in [0.2, 0.25) is 0 Å². The van der Waals surface area contributed by atoms with Crippen molar-refractivity contribution in [3.05, 3.63) is 22.4 Å². The van der Waals surface area contributed by atoms with E-state index in [0.29, 0.717) is 0 Å². The first-order valence-corrected chi connectivity index (χ1v) is 9.75. The first-order valence-electron chi connectivity index (χ1n) is 8.87. The van der Waals surface area contributed by atoms with Gasteiger partial charge in [-0.05, 0) is 43.0 Å². The van der Waals surface area contributed by atoms with Crippen LogP contribution in [0, 0.1) is 11.3 Å². The van der Waals surface area contributed by atoms with Gasteiger partial charge in [0.15, 0.2) is 0 Å². The highest BCUT2D eigenvalue weighted by molar-refractivity contribution is 7.12. The first kappa shape index (κ1) is 15.6. The molecule has 23 heavy (non-hydrogen) atoms. The molecule has 3 fully saturated rings. The molecule has 0 radical (unpaired) electrons. The average molecular weight is 334 g/mol. The summed E-state index contributed by atoms with van der Waals surface area (Å²) in [5.74, 6) is 1.12. The highest BCUT2D eigenvalue weighted by Crippen LogP contribution is 2.36. The summed E-state index contributed by atoms with van der Waals surface area (Å²) in [4.78, 5) is 18.3. The summed E-state index contributed by atoms with van der Waals surface area (Å²) < 4.78 is 5.96. The zero-order chi connectivity index (χ0) is 15.7. The largest absolute Gasteiger partial charge is 0.379 e. The molecule has 1 atom stereocenters. The van der Waals surface area contributed by atoms with Crippen LogP contribution in [0.4, 0.5) is 0 Å². The van der Waals surface area contributed by atoms with Crippen LogP contribution in [-0.4, -0.2) is 61.6 Å². The van der Waals surface area contributed by atoms with Gasteiger partial charge in [-0.2, -0.15) is 0 Å². The molecule has 1 saturated carbocycles. The van der Waals surface area contributed by atoms with E-state index >= 15 is 0 Å². The van der Waals surface area contributed by atoms with Crippen molar-refractivity contribution in [2.45, 2.75) is 25.7 Å². The molecule has 0 N–H and O–H groups in total. The number of ether oxygens (including phenoxy) is 1. The highest BCUT2D eigenvalue weighted by Gasteiger charge is 2.41. The number of nitrogens with zero attached hydrogens (tertiary/aromatic N) is 2. The maximum absolute atomic E-state index is 12.7. The minimum Gasteiger partial charge on any atom is -0.379 e. The van der Waals surface area contributed by atoms with Crippen LogP contribution in [0.15, 0.2) is 17.5 Å². The number of hydrogen-bond acceptors (Lipinski definition) is 4. The number of hydrogen-bond donors (Lipinski definition) is 0. The molecule has 1 aromatic heterocycles. The van der Waals surface area contributed by atoms with Crippen LogP contribution < -0.4 is 0 Å². The van der Waals surface area contributed by atoms with Gasteiger partial charge in [-0.1, -0.05) is 6.07 Å². The van der Waals surface area contributed by atoms with Crippen LogP contribution in [0.1, 0.15) is 35.4 Å². The van der Waals surface area contributed by atoms with Crippen molar-refractivity contribution in [2.24, 2.45) is 11.3 Å². The number of piperidine rings is 1. The van der Waals surface area contributed by atoms with E-state index in [1.54, 1.807) is 11.3 Å². The van der Waals surface area contributed by atoms with Gasteiger partial charge in [0.2, 0.25) is 0 Å². The molecule has 4 rings (SSSR count). The average Bonchev–Trinajstić information content (AvgIpc) is 3.24. The molecule has 5 heteroatoms. The normalized spacial score (nSPS) is 29.7. The van der Waals surface area contributed by atoms with Crippen molar-refractivity contribution in [1.82, 2.24) is 9.80 Å². The Hall–Kier alpha value is -0.910. The molecule has 2 aliphatic heterocycles. The fraction of sp³-hybridized carbons (Fsp3) is 0.722. The number of likely N-dealkylation sites (tertiary alicyclic amines) is 1. The lowest BCUT2D eigenvalue weighted by atomic mass is 9.80. The molecular weight excluding hydrogens is 308 g/mol. The summed E-state index contributed by atoms with van der Waals surface area (Å²) in [7, 11) is 0. The van der Waals surface area contributed by atoms with Crippen molar-refractivity contribution >= 4 is 17.2 Å². The Morgan fingerprint density at radius 1 is 1.35 bits per heavy atom. The van der Waals surface area contributed by atoms with E-state index in [4.69, 9.17) is 4.74 Å². The van der Waals surface area contributed by atoms with Gasteiger partial charge in [-0.25, -0.2) is 0 Å². The van der Waals surface area contributed by atoms with Crippen molar-refractivity contribution in [1.29, 1.82) is 0 Å². The summed E-state index contributed by atoms with van der Waals surface area (Å²) in [5.41, 5.74) is 0.135. The maximum Gasteiger partial charge on any atom is 0.263 e. The van der Waals surface area contributed by atoms with Gasteiger partial charge in [-0.15, -0.1) is 11.3 Å². The van der Waals surface area contributed by atoms with E-state index in [1.807, 2.05) is 17.5 Å². The predicted octanol–water partition coefficient (Wildman–Crippen LogP) is 2.71. The number of carbonyl (C=O) groups excluding carboxylic acids is 1. The zero-order valence-electron chi connectivity index (χ0n) is 13.7. The first-order chi connectivity index (χ1) is 11.2. The molecule has 1 aliphatic carbocycles. The summed E-state index contributed by atoms with van der Waals surface area (Å²) in [6.07, 6.45) is 5.07. The lowest BCUT2D eigenvalue weighted by Gasteiger charge is -2.43. The Morgan fingerprint density at radius 3 is 3.04 bits per heavy atom. The van der Waals surface area contributed by atoms with Gasteiger partial charge in [-0.3, -0.25) is 4.79 Å². The van der Waals surface area contributed by atoms with Crippen molar-refractivity contribution in [2.75, 3.05) is 45.9 Å². The summed E-state index contributed by atoms with van der Waals surface area (Å²) >= 11 is 1.55. The summed E-state index contributed by atoms with van der Waals surface area (Å²) in [6, 6.07) is 3.90. The summed E-state index contributed by atoms with van der Waals surface area (Å²) in [6.45, 7) is 6.76. The van der Waals surface area contributed by atoms with Crippen molar-refractivity contribution in [3.8, 4) is 0 Å². The van der Waals surface area contributed by atoms with Crippen LogP contribution in [0.5, 0.6) is 0 Å². The quantitative estimate of drug-likeness (QED) is 0.852. The molecule has 0 bridgehead atoms. The molecule has 2 saturated heterocycles. The van der Waals surface area contributed by atoms with Crippen molar-refractivity contribution in [3.63, 3.8) is 0 Å². The fourth-order valence-corrected chi connectivity index (χ4v) is 4.78. The van der Waals surface area contributed by atoms with E-state index in [9.17, 15) is 4.79 Å². The Kier molecular flexibility index (Phi) is 4.43. The van der Waals surface area contributed by atoms with Crippen LogP contribution in [-0.2, 0) is 4.74 Å². The van der Waals surface area contributed by atoms with E-state index in [0.717, 1.165) is 56.6 Å². The molecule has 126 valence electrons. The van der Waals surface area contributed by atoms with E-state index in [-0.39, 0.29) is 11.3 Å². The molecule has 1 aromatic rings. The van der Waals surface area contributed by atoms with E-state index in [1.165, 1.54) is 25.8 Å². The minimum absolute atomic E-state index is 0.135. The van der Waals surface area contributed by atoms with E-state index < -0.39 is 0 Å². The molecule has 1 spiro atoms. The number of amides is 1. The molecule has 0 aromatic carbocycles. The van der Waals surface area contributed by atoms with Gasteiger partial charge in [0.25, 0.3) is 5.91 Å². The number of carbonyl (C=O) groups is 1. The third-order valence-electron chi connectivity index (χ3n) is 5.41. The van der Waals surface area contributed by atoms with Crippen molar-refractivity contribution < 1.29 is 9.53 Å². The number of thiophene rings is 1. The van der Waals surface area contributed by atoms with Gasteiger partial charge in [0.1, 0.15) is 0 Å². The fourth-order valence-electron chi connectivity index (χ4n) is 4.09. The van der Waals surface area contributed by atoms with Gasteiger partial charge >= 0.3 is 0 Å². The monoisotopic (exact) mass is 334 g/mol. The van der Waals surface area contributed by atoms with Crippen LogP contribution in [0.3, 0.4) is 0 Å². The third kappa shape index (κ3) is 3.62. The molecule has 0 unspecified atom stereocenters. The van der Waals surface area contributed by atoms with Crippen LogP contribution in [0.25, 0.3) is 0 Å². The Morgan fingerprint density at radius 2 is 2.26 bits per heavy atom. The lowest BCUT2D eigenvalue weighted by molar-refractivity contribution is 0.00737. The lowest BCUT2D eigenvalue weighted by Crippen LogP contribution is -2.52. The van der Waals surface area contributed by atoms with Gasteiger partial charge < -0.3 is 14.5 Å². The molecule has 4 nitrogen and oxygen atoms in total. The summed E-state index contributed by atoms with van der Waals surface area (Å²) in [5, 5.41) is 1.99. The molecule has 3 heterocycles. The predicted molar refractivity (Wildman–Crippen MR) is 91.9 cm³/mol. The van der Waals surface area contributed by atoms with Gasteiger partial charge in [0.05, 0.1) is 18.1 Å². The molecular formula is C18H26N2O2S. The smallest absolute Gasteiger partial charge is 0.263 e. The second-order valence-corrected chi connectivity index (χ2v) is 8.49. The number of rotatable bonds is 3. The molecule has 1 amide bonds. The molecule has 3 aliphatic rings. The van der Waals surface area contributed by atoms with Crippen LogP contribution >= 0.6 is 11.3 Å². The highest BCUT2D eigenvalue weighted by atomic mass is 32.1.